The van der Waals surface area contributed by atoms with E-state index >= 15 is 0 Å². The topological polar surface area (TPSA) is 84.3 Å². The van der Waals surface area contributed by atoms with Gasteiger partial charge in [-0.3, -0.25) is 9.48 Å². The van der Waals surface area contributed by atoms with E-state index in [-0.39, 0.29) is 12.6 Å². The minimum absolute atomic E-state index is 0.0684. The minimum atomic E-state index is -3.31. The molecule has 0 aromatic carbocycles. The zero-order valence-electron chi connectivity index (χ0n) is 14.9. The van der Waals surface area contributed by atoms with Gasteiger partial charge in [0, 0.05) is 18.2 Å². The Morgan fingerprint density at radius 3 is 2.60 bits per heavy atom. The Hall–Kier alpha value is -1.48. The molecule has 0 spiro atoms. The Morgan fingerprint density at radius 2 is 2.08 bits per heavy atom. The maximum atomic E-state index is 14.5. The molecule has 0 bridgehead atoms. The SMILES string of the molecule is CC(C)n1nc(CNS(C)(=O)=O)c2c1CN(C(=O)C1(F)CCC1)CC2. The van der Waals surface area contributed by atoms with Crippen LogP contribution in [0.2, 0.25) is 0 Å². The Balaban J connectivity index is 1.85. The van der Waals surface area contributed by atoms with Crippen molar-refractivity contribution in [1.82, 2.24) is 19.4 Å². The van der Waals surface area contributed by atoms with Crippen LogP contribution in [0.1, 0.15) is 56.1 Å². The zero-order chi connectivity index (χ0) is 18.4. The van der Waals surface area contributed by atoms with Crippen LogP contribution in [0.5, 0.6) is 0 Å². The summed E-state index contributed by atoms with van der Waals surface area (Å²) in [7, 11) is -3.31. The second kappa shape index (κ2) is 6.35. The average Bonchev–Trinajstić information content (AvgIpc) is 2.87. The molecule has 3 rings (SSSR count). The molecule has 140 valence electrons. The third-order valence-corrected chi connectivity index (χ3v) is 5.65. The number of fused-ring (bicyclic) bond motifs is 1. The third-order valence-electron chi connectivity index (χ3n) is 4.98. The monoisotopic (exact) mass is 372 g/mol. The number of nitrogens with zero attached hydrogens (tertiary/aromatic N) is 3. The van der Waals surface area contributed by atoms with Gasteiger partial charge in [0.05, 0.1) is 30.7 Å². The van der Waals surface area contributed by atoms with Crippen molar-refractivity contribution in [3.8, 4) is 0 Å². The first-order valence-corrected chi connectivity index (χ1v) is 10.5. The highest BCUT2D eigenvalue weighted by molar-refractivity contribution is 7.88. The first-order valence-electron chi connectivity index (χ1n) is 8.63. The largest absolute Gasteiger partial charge is 0.334 e. The molecule has 1 amide bonds. The van der Waals surface area contributed by atoms with Crippen molar-refractivity contribution in [2.75, 3.05) is 12.8 Å². The summed E-state index contributed by atoms with van der Waals surface area (Å²) in [6, 6.07) is 0.0684. The van der Waals surface area contributed by atoms with Crippen molar-refractivity contribution in [3.63, 3.8) is 0 Å². The average molecular weight is 372 g/mol. The van der Waals surface area contributed by atoms with Gasteiger partial charge in [-0.05, 0) is 39.5 Å². The van der Waals surface area contributed by atoms with Crippen LogP contribution in [-0.4, -0.2) is 47.5 Å². The quantitative estimate of drug-likeness (QED) is 0.844. The molecule has 7 nitrogen and oxygen atoms in total. The maximum Gasteiger partial charge on any atom is 0.260 e. The summed E-state index contributed by atoms with van der Waals surface area (Å²) < 4.78 is 41.5. The number of rotatable bonds is 5. The second-order valence-electron chi connectivity index (χ2n) is 7.30. The molecule has 1 aromatic heterocycles. The van der Waals surface area contributed by atoms with E-state index in [1.54, 1.807) is 4.90 Å². The van der Waals surface area contributed by atoms with Gasteiger partial charge in [0.25, 0.3) is 5.91 Å². The summed E-state index contributed by atoms with van der Waals surface area (Å²) in [6.07, 6.45) is 3.04. The lowest BCUT2D eigenvalue weighted by molar-refractivity contribution is -0.151. The summed E-state index contributed by atoms with van der Waals surface area (Å²) in [5.41, 5.74) is 0.832. The third kappa shape index (κ3) is 3.57. The standard InChI is InChI=1S/C16H25FN4O3S/c1-11(2)21-14-10-20(15(22)16(17)6-4-7-16)8-5-12(14)13(19-21)9-18-25(3,23)24/h11,18H,4-10H2,1-3H3. The number of nitrogens with one attached hydrogen (secondary N) is 1. The number of hydrogen-bond donors (Lipinski definition) is 1. The molecule has 0 saturated heterocycles. The smallest absolute Gasteiger partial charge is 0.260 e. The molecule has 1 saturated carbocycles. The number of amides is 1. The van der Waals surface area contributed by atoms with Crippen molar-refractivity contribution in [2.45, 2.75) is 64.3 Å². The molecule has 0 atom stereocenters. The van der Waals surface area contributed by atoms with Crippen LogP contribution < -0.4 is 4.72 Å². The van der Waals surface area contributed by atoms with Crippen LogP contribution in [0.3, 0.4) is 0 Å². The normalized spacial score (nSPS) is 19.6. The molecule has 2 heterocycles. The van der Waals surface area contributed by atoms with E-state index in [9.17, 15) is 17.6 Å². The predicted octanol–water partition coefficient (Wildman–Crippen LogP) is 1.29. The molecular weight excluding hydrogens is 347 g/mol. The van der Waals surface area contributed by atoms with Crippen molar-refractivity contribution in [1.29, 1.82) is 0 Å². The van der Waals surface area contributed by atoms with E-state index in [1.807, 2.05) is 18.5 Å². The summed E-state index contributed by atoms with van der Waals surface area (Å²) in [4.78, 5) is 14.1. The van der Waals surface area contributed by atoms with Crippen LogP contribution in [0.25, 0.3) is 0 Å². The number of alkyl halides is 1. The molecule has 25 heavy (non-hydrogen) atoms. The second-order valence-corrected chi connectivity index (χ2v) is 9.13. The lowest BCUT2D eigenvalue weighted by Crippen LogP contribution is -2.51. The summed E-state index contributed by atoms with van der Waals surface area (Å²) >= 11 is 0. The van der Waals surface area contributed by atoms with Gasteiger partial charge in [-0.25, -0.2) is 17.5 Å². The van der Waals surface area contributed by atoms with Gasteiger partial charge < -0.3 is 4.90 Å². The fourth-order valence-electron chi connectivity index (χ4n) is 3.45. The molecule has 1 N–H and O–H groups in total. The Bertz CT molecular complexity index is 784. The van der Waals surface area contributed by atoms with Gasteiger partial charge >= 0.3 is 0 Å². The minimum Gasteiger partial charge on any atom is -0.334 e. The molecule has 1 fully saturated rings. The molecule has 0 radical (unpaired) electrons. The zero-order valence-corrected chi connectivity index (χ0v) is 15.7. The highest BCUT2D eigenvalue weighted by atomic mass is 32.2. The molecule has 0 unspecified atom stereocenters. The van der Waals surface area contributed by atoms with Gasteiger partial charge in [-0.2, -0.15) is 5.10 Å². The highest BCUT2D eigenvalue weighted by Gasteiger charge is 2.47. The van der Waals surface area contributed by atoms with Gasteiger partial charge in [0.1, 0.15) is 0 Å². The molecule has 1 aliphatic heterocycles. The Morgan fingerprint density at radius 1 is 1.40 bits per heavy atom. The van der Waals surface area contributed by atoms with Crippen molar-refractivity contribution >= 4 is 15.9 Å². The van der Waals surface area contributed by atoms with Gasteiger partial charge in [0.2, 0.25) is 10.0 Å². The van der Waals surface area contributed by atoms with Crippen LogP contribution in [0.4, 0.5) is 4.39 Å². The van der Waals surface area contributed by atoms with E-state index in [4.69, 9.17) is 0 Å². The van der Waals surface area contributed by atoms with Crippen LogP contribution in [0.15, 0.2) is 0 Å². The van der Waals surface area contributed by atoms with E-state index in [0.717, 1.165) is 23.9 Å². The van der Waals surface area contributed by atoms with Crippen molar-refractivity contribution < 1.29 is 17.6 Å². The first-order chi connectivity index (χ1) is 11.6. The van der Waals surface area contributed by atoms with E-state index in [0.29, 0.717) is 38.0 Å². The lowest BCUT2D eigenvalue weighted by atomic mass is 9.80. The van der Waals surface area contributed by atoms with Gasteiger partial charge in [-0.15, -0.1) is 0 Å². The number of carbonyl (C=O) groups excluding carboxylic acids is 1. The fraction of sp³-hybridized carbons (Fsp3) is 0.750. The van der Waals surface area contributed by atoms with E-state index in [1.165, 1.54) is 0 Å². The number of sulfonamides is 1. The number of halogens is 1. The van der Waals surface area contributed by atoms with Crippen LogP contribution >= 0.6 is 0 Å². The molecule has 1 aromatic rings. The van der Waals surface area contributed by atoms with Crippen molar-refractivity contribution in [2.24, 2.45) is 0 Å². The Kier molecular flexibility index (Phi) is 4.65. The van der Waals surface area contributed by atoms with Gasteiger partial charge in [-0.1, -0.05) is 0 Å². The number of carbonyl (C=O) groups is 1. The number of aromatic nitrogens is 2. The molecule has 2 aliphatic rings. The summed E-state index contributed by atoms with van der Waals surface area (Å²) in [6.45, 7) is 4.84. The maximum absolute atomic E-state index is 14.5. The fourth-order valence-corrected chi connectivity index (χ4v) is 3.84. The van der Waals surface area contributed by atoms with E-state index < -0.39 is 21.6 Å². The molecular formula is C16H25FN4O3S. The lowest BCUT2D eigenvalue weighted by Gasteiger charge is -2.38. The summed E-state index contributed by atoms with van der Waals surface area (Å²) in [5, 5.41) is 4.54. The molecule has 9 heteroatoms. The first kappa shape index (κ1) is 18.3. The van der Waals surface area contributed by atoms with E-state index in [2.05, 4.69) is 9.82 Å². The highest BCUT2D eigenvalue weighted by Crippen LogP contribution is 2.38. The predicted molar refractivity (Wildman–Crippen MR) is 91.1 cm³/mol. The number of hydrogen-bond acceptors (Lipinski definition) is 4. The van der Waals surface area contributed by atoms with Crippen LogP contribution in [0, 0.1) is 0 Å². The molecule has 1 aliphatic carbocycles. The Labute approximate surface area is 147 Å². The van der Waals surface area contributed by atoms with Crippen LogP contribution in [-0.2, 0) is 34.3 Å². The van der Waals surface area contributed by atoms with Crippen molar-refractivity contribution in [3.05, 3.63) is 17.0 Å². The summed E-state index contributed by atoms with van der Waals surface area (Å²) in [5.74, 6) is -0.420. The van der Waals surface area contributed by atoms with Gasteiger partial charge in [0.15, 0.2) is 5.67 Å².